The zero-order valence-electron chi connectivity index (χ0n) is 12.8. The van der Waals surface area contributed by atoms with E-state index in [2.05, 4.69) is 17.1 Å². The molecule has 0 aliphatic carbocycles. The van der Waals surface area contributed by atoms with Crippen molar-refractivity contribution in [2.45, 2.75) is 26.3 Å². The van der Waals surface area contributed by atoms with Crippen molar-refractivity contribution in [3.63, 3.8) is 0 Å². The third-order valence-electron chi connectivity index (χ3n) is 4.17. The van der Waals surface area contributed by atoms with Gasteiger partial charge in [-0.05, 0) is 44.9 Å². The third-order valence-corrected chi connectivity index (χ3v) is 4.17. The van der Waals surface area contributed by atoms with Gasteiger partial charge >= 0.3 is 0 Å². The second kappa shape index (κ2) is 5.88. The maximum atomic E-state index is 12.9. The quantitative estimate of drug-likeness (QED) is 0.935. The molecule has 2 N–H and O–H groups in total. The van der Waals surface area contributed by atoms with Crippen LogP contribution in [0.3, 0.4) is 0 Å². The number of amides is 1. The van der Waals surface area contributed by atoms with Crippen LogP contribution in [0.15, 0.2) is 28.8 Å². The molecule has 3 rings (SSSR count). The summed E-state index contributed by atoms with van der Waals surface area (Å²) in [6.45, 7) is 5.13. The Kier molecular flexibility index (Phi) is 3.94. The number of likely N-dealkylation sites (tertiary alicyclic amines) is 1. The second-order valence-corrected chi connectivity index (χ2v) is 5.84. The molecular weight excluding hydrogens is 280 g/mol. The molecule has 0 spiro atoms. The van der Waals surface area contributed by atoms with Crippen LogP contribution in [0.5, 0.6) is 0 Å². The van der Waals surface area contributed by atoms with Gasteiger partial charge in [0.2, 0.25) is 0 Å². The summed E-state index contributed by atoms with van der Waals surface area (Å²) in [4.78, 5) is 19.0. The zero-order chi connectivity index (χ0) is 15.7. The second-order valence-electron chi connectivity index (χ2n) is 5.84. The molecule has 2 heterocycles. The summed E-state index contributed by atoms with van der Waals surface area (Å²) < 4.78 is 5.22. The lowest BCUT2D eigenvalue weighted by Crippen LogP contribution is -2.34. The molecule has 1 fully saturated rings. The molecular formula is C16H20N4O2. The van der Waals surface area contributed by atoms with E-state index < -0.39 is 0 Å². The molecule has 2 unspecified atom stereocenters. The lowest BCUT2D eigenvalue weighted by Gasteiger charge is -2.22. The highest BCUT2D eigenvalue weighted by molar-refractivity contribution is 6.00. The van der Waals surface area contributed by atoms with Crippen molar-refractivity contribution in [2.75, 3.05) is 13.1 Å². The van der Waals surface area contributed by atoms with Crippen LogP contribution in [-0.2, 0) is 0 Å². The molecule has 0 saturated carbocycles. The van der Waals surface area contributed by atoms with Crippen molar-refractivity contribution in [3.05, 3.63) is 35.7 Å². The number of aryl methyl sites for hydroxylation is 1. The summed E-state index contributed by atoms with van der Waals surface area (Å²) in [5, 5.41) is 3.80. The maximum Gasteiger partial charge on any atom is 0.258 e. The molecule has 22 heavy (non-hydrogen) atoms. The zero-order valence-corrected chi connectivity index (χ0v) is 12.8. The number of benzene rings is 1. The highest BCUT2D eigenvalue weighted by Gasteiger charge is 2.33. The van der Waals surface area contributed by atoms with E-state index in [0.29, 0.717) is 41.8 Å². The highest BCUT2D eigenvalue weighted by atomic mass is 16.5. The summed E-state index contributed by atoms with van der Waals surface area (Å²) in [5.74, 6) is 1.30. The Morgan fingerprint density at radius 2 is 2.23 bits per heavy atom. The van der Waals surface area contributed by atoms with Crippen LogP contribution >= 0.6 is 0 Å². The molecule has 0 radical (unpaired) electrons. The highest BCUT2D eigenvalue weighted by Crippen LogP contribution is 2.28. The third kappa shape index (κ3) is 2.62. The van der Waals surface area contributed by atoms with E-state index in [1.54, 1.807) is 13.0 Å². The van der Waals surface area contributed by atoms with Crippen LogP contribution in [-0.4, -0.2) is 40.1 Å². The molecule has 1 aliphatic heterocycles. The van der Waals surface area contributed by atoms with Crippen molar-refractivity contribution in [1.29, 1.82) is 0 Å². The van der Waals surface area contributed by atoms with Gasteiger partial charge in [0.15, 0.2) is 5.82 Å². The fourth-order valence-corrected chi connectivity index (χ4v) is 3.01. The predicted octanol–water partition coefficient (Wildman–Crippen LogP) is 1.85. The van der Waals surface area contributed by atoms with Gasteiger partial charge in [-0.25, -0.2) is 0 Å². The van der Waals surface area contributed by atoms with E-state index in [0.717, 1.165) is 6.42 Å². The minimum absolute atomic E-state index is 0.00472. The maximum absolute atomic E-state index is 12.9. The van der Waals surface area contributed by atoms with Crippen molar-refractivity contribution in [2.24, 2.45) is 11.7 Å². The van der Waals surface area contributed by atoms with Gasteiger partial charge in [0, 0.05) is 12.6 Å². The number of nitrogens with two attached hydrogens (primary N) is 1. The lowest BCUT2D eigenvalue weighted by molar-refractivity contribution is 0.0744. The van der Waals surface area contributed by atoms with Gasteiger partial charge in [-0.15, -0.1) is 0 Å². The molecule has 1 amide bonds. The van der Waals surface area contributed by atoms with Crippen molar-refractivity contribution in [1.82, 2.24) is 15.0 Å². The van der Waals surface area contributed by atoms with Crippen molar-refractivity contribution < 1.29 is 9.32 Å². The fraction of sp³-hybridized carbons (Fsp3) is 0.438. The molecule has 1 aromatic heterocycles. The number of hydrogen-bond donors (Lipinski definition) is 1. The van der Waals surface area contributed by atoms with Gasteiger partial charge < -0.3 is 15.2 Å². The Balaban J connectivity index is 1.94. The largest absolute Gasteiger partial charge is 0.336 e. The van der Waals surface area contributed by atoms with Gasteiger partial charge in [-0.2, -0.15) is 4.98 Å². The van der Waals surface area contributed by atoms with Crippen LogP contribution in [0.2, 0.25) is 0 Å². The minimum atomic E-state index is -0.00472. The van der Waals surface area contributed by atoms with Crippen LogP contribution in [0.4, 0.5) is 0 Å². The summed E-state index contributed by atoms with van der Waals surface area (Å²) in [6.07, 6.45) is 0.948. The van der Waals surface area contributed by atoms with Gasteiger partial charge in [-0.3, -0.25) is 4.79 Å². The molecule has 6 heteroatoms. The normalized spacial score (nSPS) is 21.3. The number of nitrogens with zero attached hydrogens (tertiary/aromatic N) is 3. The number of hydrogen-bond acceptors (Lipinski definition) is 5. The predicted molar refractivity (Wildman–Crippen MR) is 82.1 cm³/mol. The van der Waals surface area contributed by atoms with Crippen LogP contribution in [0.25, 0.3) is 11.5 Å². The fourth-order valence-electron chi connectivity index (χ4n) is 3.01. The SMILES string of the molecule is Cc1noc(-c2ccccc2C(=O)N2CC(CN)CC2C)n1. The average molecular weight is 300 g/mol. The first kappa shape index (κ1) is 14.7. The number of rotatable bonds is 3. The molecule has 0 bridgehead atoms. The van der Waals surface area contributed by atoms with Gasteiger partial charge in [0.25, 0.3) is 11.8 Å². The Bertz CT molecular complexity index is 682. The van der Waals surface area contributed by atoms with Gasteiger partial charge in [0.05, 0.1) is 11.1 Å². The van der Waals surface area contributed by atoms with E-state index in [1.807, 2.05) is 23.1 Å². The van der Waals surface area contributed by atoms with Crippen molar-refractivity contribution in [3.8, 4) is 11.5 Å². The smallest absolute Gasteiger partial charge is 0.258 e. The van der Waals surface area contributed by atoms with Crippen LogP contribution < -0.4 is 5.73 Å². The summed E-state index contributed by atoms with van der Waals surface area (Å²) >= 11 is 0. The molecule has 2 atom stereocenters. The Morgan fingerprint density at radius 3 is 2.86 bits per heavy atom. The molecule has 1 aliphatic rings. The first-order valence-corrected chi connectivity index (χ1v) is 7.51. The Labute approximate surface area is 129 Å². The summed E-state index contributed by atoms with van der Waals surface area (Å²) in [7, 11) is 0. The van der Waals surface area contributed by atoms with E-state index in [9.17, 15) is 4.79 Å². The van der Waals surface area contributed by atoms with E-state index in [4.69, 9.17) is 10.3 Å². The molecule has 1 aromatic carbocycles. The Morgan fingerprint density at radius 1 is 1.45 bits per heavy atom. The minimum Gasteiger partial charge on any atom is -0.336 e. The standard InChI is InChI=1S/C16H20N4O2/c1-10-7-12(8-17)9-20(10)16(21)14-6-4-3-5-13(14)15-18-11(2)19-22-15/h3-6,10,12H,7-9,17H2,1-2H3. The molecule has 2 aromatic rings. The molecule has 116 valence electrons. The topological polar surface area (TPSA) is 85.2 Å². The molecule has 1 saturated heterocycles. The van der Waals surface area contributed by atoms with Crippen molar-refractivity contribution >= 4 is 5.91 Å². The first-order valence-electron chi connectivity index (χ1n) is 7.51. The van der Waals surface area contributed by atoms with Crippen LogP contribution in [0.1, 0.15) is 29.5 Å². The Hall–Kier alpha value is -2.21. The van der Waals surface area contributed by atoms with Gasteiger partial charge in [-0.1, -0.05) is 17.3 Å². The lowest BCUT2D eigenvalue weighted by atomic mass is 10.1. The monoisotopic (exact) mass is 300 g/mol. The first-order chi connectivity index (χ1) is 10.6. The van der Waals surface area contributed by atoms with E-state index in [1.165, 1.54) is 0 Å². The average Bonchev–Trinajstić information content (AvgIpc) is 3.12. The number of aromatic nitrogens is 2. The number of carbonyl (C=O) groups is 1. The van der Waals surface area contributed by atoms with Gasteiger partial charge in [0.1, 0.15) is 0 Å². The molecule has 6 nitrogen and oxygen atoms in total. The summed E-state index contributed by atoms with van der Waals surface area (Å²) in [5.41, 5.74) is 7.02. The summed E-state index contributed by atoms with van der Waals surface area (Å²) in [6, 6.07) is 7.54. The van der Waals surface area contributed by atoms with E-state index in [-0.39, 0.29) is 11.9 Å². The van der Waals surface area contributed by atoms with Crippen LogP contribution in [0, 0.1) is 12.8 Å². The number of carbonyl (C=O) groups excluding carboxylic acids is 1. The van der Waals surface area contributed by atoms with E-state index >= 15 is 0 Å².